The van der Waals surface area contributed by atoms with Crippen LogP contribution in [0.3, 0.4) is 0 Å². The molecule has 0 bridgehead atoms. The molecular formula is C12H21NO3S. The van der Waals surface area contributed by atoms with E-state index in [9.17, 15) is 9.59 Å². The summed E-state index contributed by atoms with van der Waals surface area (Å²) in [6.45, 7) is 4.68. The molecule has 0 saturated carbocycles. The highest BCUT2D eigenvalue weighted by Gasteiger charge is 2.27. The normalized spacial score (nSPS) is 19.8. The Morgan fingerprint density at radius 2 is 2.12 bits per heavy atom. The summed E-state index contributed by atoms with van der Waals surface area (Å²) in [4.78, 5) is 25.1. The van der Waals surface area contributed by atoms with Gasteiger partial charge in [-0.1, -0.05) is 6.42 Å². The van der Waals surface area contributed by atoms with Gasteiger partial charge in [-0.2, -0.15) is 0 Å². The molecule has 1 aliphatic rings. The summed E-state index contributed by atoms with van der Waals surface area (Å²) < 4.78 is 4.87. The predicted octanol–water partition coefficient (Wildman–Crippen LogP) is 1.68. The smallest absolute Gasteiger partial charge is 0.325 e. The molecule has 1 atom stereocenters. The van der Waals surface area contributed by atoms with E-state index in [4.69, 9.17) is 4.74 Å². The lowest BCUT2D eigenvalue weighted by Crippen LogP contribution is -2.42. The number of hydrogen-bond donors (Lipinski definition) is 0. The first-order chi connectivity index (χ1) is 8.19. The number of carbonyl (C=O) groups is 2. The van der Waals surface area contributed by atoms with E-state index in [-0.39, 0.29) is 23.7 Å². The van der Waals surface area contributed by atoms with E-state index < -0.39 is 0 Å². The zero-order chi connectivity index (χ0) is 12.7. The molecule has 0 aromatic rings. The topological polar surface area (TPSA) is 46.6 Å². The SMILES string of the molecule is CCOC(=O)CN(CC)C(=O)C1CCCCS1. The minimum atomic E-state index is -0.316. The van der Waals surface area contributed by atoms with Crippen LogP contribution in [0.15, 0.2) is 0 Å². The predicted molar refractivity (Wildman–Crippen MR) is 69.0 cm³/mol. The third-order valence-electron chi connectivity index (χ3n) is 2.77. The zero-order valence-electron chi connectivity index (χ0n) is 10.6. The fraction of sp³-hybridized carbons (Fsp3) is 0.833. The maximum atomic E-state index is 12.2. The third-order valence-corrected chi connectivity index (χ3v) is 4.14. The van der Waals surface area contributed by atoms with Gasteiger partial charge in [-0.3, -0.25) is 9.59 Å². The van der Waals surface area contributed by atoms with Gasteiger partial charge in [0.2, 0.25) is 5.91 Å². The van der Waals surface area contributed by atoms with Gasteiger partial charge in [0.15, 0.2) is 0 Å². The van der Waals surface area contributed by atoms with Crippen LogP contribution in [-0.4, -0.2) is 47.5 Å². The Morgan fingerprint density at radius 3 is 2.65 bits per heavy atom. The van der Waals surface area contributed by atoms with Crippen molar-refractivity contribution in [1.82, 2.24) is 4.90 Å². The second-order valence-corrected chi connectivity index (χ2v) is 5.32. The van der Waals surface area contributed by atoms with Gasteiger partial charge in [-0.15, -0.1) is 11.8 Å². The van der Waals surface area contributed by atoms with Gasteiger partial charge in [0, 0.05) is 6.54 Å². The van der Waals surface area contributed by atoms with Gasteiger partial charge in [-0.25, -0.2) is 0 Å². The molecule has 4 nitrogen and oxygen atoms in total. The molecule has 0 aromatic carbocycles. The fourth-order valence-electron chi connectivity index (χ4n) is 1.85. The standard InChI is InChI=1S/C12H21NO3S/c1-3-13(9-11(14)16-4-2)12(15)10-7-5-6-8-17-10/h10H,3-9H2,1-2H3. The molecule has 1 amide bonds. The molecule has 0 N–H and O–H groups in total. The minimum absolute atomic E-state index is 0.0399. The van der Waals surface area contributed by atoms with Crippen molar-refractivity contribution >= 4 is 23.6 Å². The highest BCUT2D eigenvalue weighted by molar-refractivity contribution is 8.00. The van der Waals surface area contributed by atoms with Gasteiger partial charge in [-0.05, 0) is 32.4 Å². The van der Waals surface area contributed by atoms with Gasteiger partial charge in [0.05, 0.1) is 11.9 Å². The molecule has 1 saturated heterocycles. The molecule has 1 rings (SSSR count). The maximum Gasteiger partial charge on any atom is 0.325 e. The summed E-state index contributed by atoms with van der Waals surface area (Å²) in [6, 6.07) is 0. The molecule has 0 radical (unpaired) electrons. The molecule has 98 valence electrons. The number of carbonyl (C=O) groups excluding carboxylic acids is 2. The molecule has 1 unspecified atom stereocenters. The Bertz CT molecular complexity index is 264. The lowest BCUT2D eigenvalue weighted by molar-refractivity contribution is -0.148. The van der Waals surface area contributed by atoms with Crippen LogP contribution < -0.4 is 0 Å². The second-order valence-electron chi connectivity index (χ2n) is 4.01. The first kappa shape index (κ1) is 14.4. The largest absolute Gasteiger partial charge is 0.465 e. The Hall–Kier alpha value is -0.710. The summed E-state index contributed by atoms with van der Waals surface area (Å²) >= 11 is 1.71. The number of ether oxygens (including phenoxy) is 1. The van der Waals surface area contributed by atoms with Crippen LogP contribution >= 0.6 is 11.8 Å². The summed E-state index contributed by atoms with van der Waals surface area (Å²) in [5.74, 6) is 0.821. The summed E-state index contributed by atoms with van der Waals surface area (Å²) in [6.07, 6.45) is 3.24. The number of hydrogen-bond acceptors (Lipinski definition) is 4. The molecule has 1 aliphatic heterocycles. The molecule has 5 heteroatoms. The van der Waals surface area contributed by atoms with Crippen molar-refractivity contribution in [3.05, 3.63) is 0 Å². The summed E-state index contributed by atoms with van der Waals surface area (Å²) in [5, 5.41) is 0.0399. The average molecular weight is 259 g/mol. The fourth-order valence-corrected chi connectivity index (χ4v) is 3.13. The van der Waals surface area contributed by atoms with Crippen LogP contribution in [0, 0.1) is 0 Å². The molecule has 1 heterocycles. The number of rotatable bonds is 5. The second kappa shape index (κ2) is 7.58. The molecular weight excluding hydrogens is 238 g/mol. The van der Waals surface area contributed by atoms with E-state index in [1.807, 2.05) is 6.92 Å². The van der Waals surface area contributed by atoms with Gasteiger partial charge < -0.3 is 9.64 Å². The molecule has 17 heavy (non-hydrogen) atoms. The van der Waals surface area contributed by atoms with E-state index in [2.05, 4.69) is 0 Å². The zero-order valence-corrected chi connectivity index (χ0v) is 11.4. The van der Waals surface area contributed by atoms with E-state index in [0.29, 0.717) is 13.2 Å². The molecule has 0 aromatic heterocycles. The van der Waals surface area contributed by atoms with Crippen molar-refractivity contribution < 1.29 is 14.3 Å². The van der Waals surface area contributed by atoms with Crippen molar-refractivity contribution in [2.45, 2.75) is 38.4 Å². The van der Waals surface area contributed by atoms with Crippen molar-refractivity contribution in [2.24, 2.45) is 0 Å². The Labute approximate surface area is 107 Å². The summed E-state index contributed by atoms with van der Waals surface area (Å²) in [5.41, 5.74) is 0. The Kier molecular flexibility index (Phi) is 6.40. The van der Waals surface area contributed by atoms with Crippen LogP contribution in [0.5, 0.6) is 0 Å². The van der Waals surface area contributed by atoms with Gasteiger partial charge in [0.25, 0.3) is 0 Å². The Balaban J connectivity index is 2.47. The van der Waals surface area contributed by atoms with Crippen molar-refractivity contribution in [3.63, 3.8) is 0 Å². The first-order valence-corrected chi connectivity index (χ1v) is 7.29. The lowest BCUT2D eigenvalue weighted by atomic mass is 10.1. The molecule has 0 aliphatic carbocycles. The number of amides is 1. The van der Waals surface area contributed by atoms with Crippen molar-refractivity contribution in [1.29, 1.82) is 0 Å². The van der Waals surface area contributed by atoms with Crippen LogP contribution in [0.1, 0.15) is 33.1 Å². The first-order valence-electron chi connectivity index (χ1n) is 6.25. The van der Waals surface area contributed by atoms with E-state index in [1.165, 1.54) is 6.42 Å². The van der Waals surface area contributed by atoms with Gasteiger partial charge >= 0.3 is 5.97 Å². The van der Waals surface area contributed by atoms with E-state index in [0.717, 1.165) is 18.6 Å². The lowest BCUT2D eigenvalue weighted by Gasteiger charge is -2.27. The monoisotopic (exact) mass is 259 g/mol. The minimum Gasteiger partial charge on any atom is -0.465 e. The van der Waals surface area contributed by atoms with E-state index >= 15 is 0 Å². The number of likely N-dealkylation sites (N-methyl/N-ethyl adjacent to an activating group) is 1. The van der Waals surface area contributed by atoms with Crippen LogP contribution in [0.25, 0.3) is 0 Å². The molecule has 0 spiro atoms. The quantitative estimate of drug-likeness (QED) is 0.705. The third kappa shape index (κ3) is 4.58. The number of nitrogens with zero attached hydrogens (tertiary/aromatic N) is 1. The number of esters is 1. The van der Waals surface area contributed by atoms with Crippen LogP contribution in [0.4, 0.5) is 0 Å². The molecule has 1 fully saturated rings. The highest BCUT2D eigenvalue weighted by Crippen LogP contribution is 2.26. The number of thioether (sulfide) groups is 1. The maximum absolute atomic E-state index is 12.2. The summed E-state index contributed by atoms with van der Waals surface area (Å²) in [7, 11) is 0. The Morgan fingerprint density at radius 1 is 1.35 bits per heavy atom. The van der Waals surface area contributed by atoms with Crippen molar-refractivity contribution in [2.75, 3.05) is 25.4 Å². The van der Waals surface area contributed by atoms with Gasteiger partial charge in [0.1, 0.15) is 6.54 Å². The van der Waals surface area contributed by atoms with Crippen molar-refractivity contribution in [3.8, 4) is 0 Å². The average Bonchev–Trinajstić information content (AvgIpc) is 2.36. The van der Waals surface area contributed by atoms with Crippen LogP contribution in [-0.2, 0) is 14.3 Å². The van der Waals surface area contributed by atoms with E-state index in [1.54, 1.807) is 23.6 Å². The highest BCUT2D eigenvalue weighted by atomic mass is 32.2. The van der Waals surface area contributed by atoms with Crippen LogP contribution in [0.2, 0.25) is 0 Å².